The zero-order chi connectivity index (χ0) is 46.6. The highest BCUT2D eigenvalue weighted by Crippen LogP contribution is 2.68. The maximum absolute atomic E-state index is 13.1. The van der Waals surface area contributed by atoms with Gasteiger partial charge in [0.05, 0.1) is 44.9 Å². The van der Waals surface area contributed by atoms with Crippen molar-refractivity contribution in [2.24, 2.45) is 46.3 Å². The smallest absolute Gasteiger partial charge is 0.317 e. The molecule has 0 aliphatic heterocycles. The van der Waals surface area contributed by atoms with Crippen LogP contribution in [0, 0.1) is 46.3 Å². The fraction of sp³-hybridized carbons (Fsp3) is 0.841. The third-order valence-electron chi connectivity index (χ3n) is 15.4. The number of nitrogens with zero attached hydrogens (tertiary/aromatic N) is 3. The summed E-state index contributed by atoms with van der Waals surface area (Å²) >= 11 is 0. The molecule has 0 aromatic rings. The van der Waals surface area contributed by atoms with Crippen LogP contribution in [0.3, 0.4) is 0 Å². The summed E-state index contributed by atoms with van der Waals surface area (Å²) in [5.41, 5.74) is -0.425. The van der Waals surface area contributed by atoms with Crippen LogP contribution in [0.5, 0.6) is 0 Å². The summed E-state index contributed by atoms with van der Waals surface area (Å²) in [5, 5.41) is 75.8. The molecule has 358 valence electrons. The Hall–Kier alpha value is -3.91. The first-order valence-corrected chi connectivity index (χ1v) is 22.8. The molecule has 5 unspecified atom stereocenters. The fourth-order valence-corrected chi connectivity index (χ4v) is 12.2. The summed E-state index contributed by atoms with van der Waals surface area (Å²) in [6, 6.07) is -0.00745. The van der Waals surface area contributed by atoms with E-state index in [9.17, 15) is 69.3 Å². The SMILES string of the molecule is CC(CCC(=O)O)[C@H]1CCC2C3C(C[C@H](O)[C@@]21C)[C@@]1(C)CC[C@H](NC(=O)CCCCCNC(=O)CN(CCN(CC(=O)O)CC(=O)O)CCN(CC(=O)O)CC(=O)O)CC1C[C@H]3O. The van der Waals surface area contributed by atoms with Crippen LogP contribution in [-0.4, -0.2) is 176 Å². The first kappa shape index (κ1) is 51.7. The number of rotatable bonds is 27. The van der Waals surface area contributed by atoms with E-state index >= 15 is 0 Å². The number of carbonyl (C=O) groups excluding carboxylic acids is 2. The standard InChI is InChI=1S/C44H73N5O14/c1-27(8-11-37(54)55)30-9-10-31-42-32(21-34(51)44(30,31)3)43(2)13-12-29(19-28(43)20-33(42)50)46-35(52)7-5-4-6-14-45-36(53)22-47(15-17-48(23-38(56)57)24-39(58)59)16-18-49(25-40(60)61)26-41(62)63/h27-34,42,50-51H,4-26H2,1-3H3,(H,45,53)(H,46,52)(H,54,55)(H,56,57)(H,58,59)(H,60,61)(H,62,63)/t27?,28?,29-,30+,31?,32?,33+,34-,42?,43-,44+/m0/s1. The molecule has 9 N–H and O–H groups in total. The highest BCUT2D eigenvalue weighted by molar-refractivity contribution is 5.78. The number of hydrogen-bond donors (Lipinski definition) is 9. The molecule has 19 heteroatoms. The molecule has 4 fully saturated rings. The minimum atomic E-state index is -1.23. The van der Waals surface area contributed by atoms with Gasteiger partial charge in [0.25, 0.3) is 0 Å². The van der Waals surface area contributed by atoms with E-state index in [0.717, 1.165) is 32.1 Å². The molecular weight excluding hydrogens is 823 g/mol. The molecule has 0 spiro atoms. The Morgan fingerprint density at radius 1 is 0.635 bits per heavy atom. The van der Waals surface area contributed by atoms with Crippen molar-refractivity contribution in [1.82, 2.24) is 25.3 Å². The van der Waals surface area contributed by atoms with Gasteiger partial charge in [-0.25, -0.2) is 0 Å². The van der Waals surface area contributed by atoms with Crippen LogP contribution in [0.15, 0.2) is 0 Å². The number of nitrogens with one attached hydrogen (secondary N) is 2. The Kier molecular flexibility index (Phi) is 19.2. The third kappa shape index (κ3) is 14.3. The van der Waals surface area contributed by atoms with E-state index in [1.54, 1.807) is 4.90 Å². The summed E-state index contributed by atoms with van der Waals surface area (Å²) < 4.78 is 0. The van der Waals surface area contributed by atoms with E-state index in [-0.39, 0.29) is 103 Å². The molecule has 2 amide bonds. The Labute approximate surface area is 369 Å². The van der Waals surface area contributed by atoms with Gasteiger partial charge in [-0.1, -0.05) is 27.2 Å². The van der Waals surface area contributed by atoms with Crippen molar-refractivity contribution < 1.29 is 69.3 Å². The van der Waals surface area contributed by atoms with Gasteiger partial charge in [0, 0.05) is 51.6 Å². The lowest BCUT2D eigenvalue weighted by molar-refractivity contribution is -0.202. The van der Waals surface area contributed by atoms with Crippen LogP contribution in [-0.2, 0) is 33.6 Å². The third-order valence-corrected chi connectivity index (χ3v) is 15.4. The topological polar surface area (TPSA) is 295 Å². The highest BCUT2D eigenvalue weighted by atomic mass is 16.4. The van der Waals surface area contributed by atoms with Gasteiger partial charge in [0.15, 0.2) is 0 Å². The maximum atomic E-state index is 13.1. The summed E-state index contributed by atoms with van der Waals surface area (Å²) in [4.78, 5) is 86.4. The second kappa shape index (κ2) is 23.3. The number of unbranched alkanes of at least 4 members (excludes halogenated alkanes) is 2. The molecule has 11 atom stereocenters. The molecule has 0 saturated heterocycles. The summed E-state index contributed by atoms with van der Waals surface area (Å²) in [5.74, 6) is -5.14. The lowest BCUT2D eigenvalue weighted by Crippen LogP contribution is -2.63. The molecule has 19 nitrogen and oxygen atoms in total. The average Bonchev–Trinajstić information content (AvgIpc) is 3.54. The Bertz CT molecular complexity index is 1550. The number of hydrogen-bond acceptors (Lipinski definition) is 12. The largest absolute Gasteiger partial charge is 0.481 e. The molecule has 4 aliphatic rings. The molecule has 0 radical (unpaired) electrons. The summed E-state index contributed by atoms with van der Waals surface area (Å²) in [6.07, 6.45) is 7.50. The van der Waals surface area contributed by atoms with Gasteiger partial charge < -0.3 is 46.4 Å². The minimum absolute atomic E-state index is 0.00745. The molecule has 0 bridgehead atoms. The number of carboxylic acids is 5. The van der Waals surface area contributed by atoms with Crippen LogP contribution < -0.4 is 10.6 Å². The number of carboxylic acid groups (broad SMARTS) is 5. The summed E-state index contributed by atoms with van der Waals surface area (Å²) in [6.45, 7) is 4.62. The molecule has 63 heavy (non-hydrogen) atoms. The van der Waals surface area contributed by atoms with Crippen LogP contribution >= 0.6 is 0 Å². The normalized spacial score (nSPS) is 30.5. The van der Waals surface area contributed by atoms with Crippen molar-refractivity contribution in [2.45, 2.75) is 122 Å². The van der Waals surface area contributed by atoms with E-state index in [1.807, 2.05) is 0 Å². The first-order chi connectivity index (χ1) is 29.6. The van der Waals surface area contributed by atoms with Crippen LogP contribution in [0.25, 0.3) is 0 Å². The molecule has 4 aliphatic carbocycles. The number of aliphatic carboxylic acids is 5. The lowest BCUT2D eigenvalue weighted by atomic mass is 9.43. The molecule has 0 heterocycles. The predicted molar refractivity (Wildman–Crippen MR) is 227 cm³/mol. The number of aliphatic hydroxyl groups excluding tert-OH is 2. The first-order valence-electron chi connectivity index (χ1n) is 22.8. The fourth-order valence-electron chi connectivity index (χ4n) is 12.2. The zero-order valence-electron chi connectivity index (χ0n) is 37.3. The van der Waals surface area contributed by atoms with Crippen LogP contribution in [0.4, 0.5) is 0 Å². The van der Waals surface area contributed by atoms with E-state index < -0.39 is 68.2 Å². The Morgan fingerprint density at radius 3 is 1.76 bits per heavy atom. The van der Waals surface area contributed by atoms with E-state index in [1.165, 1.54) is 9.80 Å². The van der Waals surface area contributed by atoms with Gasteiger partial charge in [-0.2, -0.15) is 0 Å². The highest BCUT2D eigenvalue weighted by Gasteiger charge is 2.65. The lowest BCUT2D eigenvalue weighted by Gasteiger charge is -2.63. The second-order valence-corrected chi connectivity index (χ2v) is 19.5. The van der Waals surface area contributed by atoms with Gasteiger partial charge >= 0.3 is 29.8 Å². The van der Waals surface area contributed by atoms with Gasteiger partial charge in [-0.05, 0) is 111 Å². The Balaban J connectivity index is 1.21. The quantitative estimate of drug-likeness (QED) is 0.0528. The minimum Gasteiger partial charge on any atom is -0.481 e. The molecular formula is C44H73N5O14. The van der Waals surface area contributed by atoms with Crippen molar-refractivity contribution in [3.05, 3.63) is 0 Å². The number of carbonyl (C=O) groups is 7. The average molecular weight is 896 g/mol. The molecule has 0 aromatic heterocycles. The van der Waals surface area contributed by atoms with Gasteiger partial charge in [0.1, 0.15) is 0 Å². The van der Waals surface area contributed by atoms with Gasteiger partial charge in [-0.3, -0.25) is 48.3 Å². The van der Waals surface area contributed by atoms with Gasteiger partial charge in [-0.15, -0.1) is 0 Å². The number of aliphatic hydroxyl groups is 2. The Morgan fingerprint density at radius 2 is 1.21 bits per heavy atom. The van der Waals surface area contributed by atoms with E-state index in [4.69, 9.17) is 0 Å². The van der Waals surface area contributed by atoms with Crippen molar-refractivity contribution >= 4 is 41.7 Å². The van der Waals surface area contributed by atoms with Crippen molar-refractivity contribution in [3.63, 3.8) is 0 Å². The van der Waals surface area contributed by atoms with Crippen molar-refractivity contribution in [3.8, 4) is 0 Å². The number of amides is 2. The second-order valence-electron chi connectivity index (χ2n) is 19.5. The van der Waals surface area contributed by atoms with Crippen LogP contribution in [0.2, 0.25) is 0 Å². The zero-order valence-corrected chi connectivity index (χ0v) is 37.3. The summed E-state index contributed by atoms with van der Waals surface area (Å²) in [7, 11) is 0. The number of fused-ring (bicyclic) bond motifs is 5. The molecule has 0 aromatic carbocycles. The molecule has 4 saturated carbocycles. The van der Waals surface area contributed by atoms with Crippen molar-refractivity contribution in [1.29, 1.82) is 0 Å². The van der Waals surface area contributed by atoms with Crippen LogP contribution in [0.1, 0.15) is 104 Å². The predicted octanol–water partition coefficient (Wildman–Crippen LogP) is 1.49. The monoisotopic (exact) mass is 896 g/mol. The van der Waals surface area contributed by atoms with Gasteiger partial charge in [0.2, 0.25) is 11.8 Å². The van der Waals surface area contributed by atoms with E-state index in [0.29, 0.717) is 51.5 Å². The van der Waals surface area contributed by atoms with E-state index in [2.05, 4.69) is 31.4 Å². The maximum Gasteiger partial charge on any atom is 0.317 e. The van der Waals surface area contributed by atoms with Crippen molar-refractivity contribution in [2.75, 3.05) is 65.4 Å². The molecule has 4 rings (SSSR count).